The number of aldehydes is 1. The van der Waals surface area contributed by atoms with Gasteiger partial charge in [0, 0.05) is 11.1 Å². The van der Waals surface area contributed by atoms with Gasteiger partial charge in [0.05, 0.1) is 0 Å². The van der Waals surface area contributed by atoms with E-state index < -0.39 is 5.97 Å². The van der Waals surface area contributed by atoms with E-state index in [4.69, 9.17) is 5.11 Å². The van der Waals surface area contributed by atoms with Gasteiger partial charge >= 0.3 is 5.97 Å². The van der Waals surface area contributed by atoms with Crippen molar-refractivity contribution in [1.29, 1.82) is 0 Å². The molecule has 0 aromatic heterocycles. The number of hydrogen-bond acceptors (Lipinski definition) is 2. The summed E-state index contributed by atoms with van der Waals surface area (Å²) < 4.78 is 0. The van der Waals surface area contributed by atoms with Crippen LogP contribution < -0.4 is 0 Å². The number of hydrogen-bond donors (Lipinski definition) is 1. The van der Waals surface area contributed by atoms with Crippen LogP contribution in [0.4, 0.5) is 0 Å². The molecule has 0 aliphatic rings. The number of aliphatic carboxylic acids is 1. The Morgan fingerprint density at radius 1 is 1.40 bits per heavy atom. The summed E-state index contributed by atoms with van der Waals surface area (Å²) in [6.07, 6.45) is 0.870. The minimum atomic E-state index is -0.935. The highest BCUT2D eigenvalue weighted by molar-refractivity contribution is 5.84. The first kappa shape index (κ1) is 13.1. The van der Waals surface area contributed by atoms with Crippen LogP contribution in [0.5, 0.6) is 0 Å². The molecule has 0 saturated heterocycles. The number of rotatable bonds is 2. The zero-order chi connectivity index (χ0) is 11.8. The number of carbonyl (C=O) groups excluding carboxylic acids is 1. The number of carboxylic acid groups (broad SMARTS) is 1. The summed E-state index contributed by atoms with van der Waals surface area (Å²) in [6.45, 7) is 6.52. The minimum absolute atomic E-state index is 0.176. The predicted octanol–water partition coefficient (Wildman–Crippen LogP) is 2.45. The third-order valence-electron chi connectivity index (χ3n) is 1.68. The summed E-state index contributed by atoms with van der Waals surface area (Å²) in [5.41, 5.74) is 1.99. The fourth-order valence-electron chi connectivity index (χ4n) is 0.719. The molecule has 3 nitrogen and oxygen atoms in total. The summed E-state index contributed by atoms with van der Waals surface area (Å²) in [5.74, 6) is -0.935. The summed E-state index contributed by atoms with van der Waals surface area (Å²) in [4.78, 5) is 19.8. The molecular formula is C12H14O3. The van der Waals surface area contributed by atoms with Crippen LogP contribution in [0.2, 0.25) is 0 Å². The lowest BCUT2D eigenvalue weighted by molar-refractivity contribution is -0.132. The number of carboxylic acids is 1. The Kier molecular flexibility index (Phi) is 5.71. The first-order chi connectivity index (χ1) is 6.99. The van der Waals surface area contributed by atoms with Crippen molar-refractivity contribution in [3.05, 3.63) is 47.5 Å². The highest BCUT2D eigenvalue weighted by atomic mass is 16.4. The molecule has 1 aromatic rings. The van der Waals surface area contributed by atoms with Crippen LogP contribution >= 0.6 is 0 Å². The molecule has 0 bridgehead atoms. The molecule has 80 valence electrons. The second-order valence-corrected chi connectivity index (χ2v) is 3.06. The molecule has 15 heavy (non-hydrogen) atoms. The van der Waals surface area contributed by atoms with Crippen LogP contribution in [0, 0.1) is 6.92 Å². The molecule has 0 spiro atoms. The largest absolute Gasteiger partial charge is 0.478 e. The molecule has 3 heteroatoms. The summed E-state index contributed by atoms with van der Waals surface area (Å²) in [6, 6.07) is 7.51. The van der Waals surface area contributed by atoms with Gasteiger partial charge in [0.15, 0.2) is 0 Å². The SMILES string of the molecule is C=C(C)C(=O)O.Cc1ccccc1C=O. The van der Waals surface area contributed by atoms with E-state index in [0.717, 1.165) is 17.4 Å². The Morgan fingerprint density at radius 2 is 1.87 bits per heavy atom. The molecule has 0 aliphatic heterocycles. The van der Waals surface area contributed by atoms with E-state index in [1.165, 1.54) is 6.92 Å². The monoisotopic (exact) mass is 206 g/mol. The van der Waals surface area contributed by atoms with Gasteiger partial charge in [-0.25, -0.2) is 4.79 Å². The molecule has 1 N–H and O–H groups in total. The number of benzene rings is 1. The maximum Gasteiger partial charge on any atom is 0.330 e. The van der Waals surface area contributed by atoms with Gasteiger partial charge in [-0.15, -0.1) is 0 Å². The lowest BCUT2D eigenvalue weighted by Gasteiger charge is -1.92. The van der Waals surface area contributed by atoms with Crippen LogP contribution in [-0.2, 0) is 4.79 Å². The second kappa shape index (κ2) is 6.54. The van der Waals surface area contributed by atoms with Gasteiger partial charge in [-0.1, -0.05) is 30.8 Å². The van der Waals surface area contributed by atoms with Gasteiger partial charge in [0.1, 0.15) is 6.29 Å². The standard InChI is InChI=1S/C8H8O.C4H6O2/c1-7-4-2-3-5-8(7)6-9;1-3(2)4(5)6/h2-6H,1H3;1H2,2H3,(H,5,6). The Bertz CT molecular complexity index is 355. The van der Waals surface area contributed by atoms with Crippen molar-refractivity contribution in [1.82, 2.24) is 0 Å². The number of carbonyl (C=O) groups is 2. The van der Waals surface area contributed by atoms with Crippen molar-refractivity contribution in [2.75, 3.05) is 0 Å². The third kappa shape index (κ3) is 5.41. The summed E-state index contributed by atoms with van der Waals surface area (Å²) in [7, 11) is 0. The molecule has 0 amide bonds. The Labute approximate surface area is 89.1 Å². The lowest BCUT2D eigenvalue weighted by atomic mass is 10.1. The van der Waals surface area contributed by atoms with E-state index in [9.17, 15) is 9.59 Å². The molecule has 1 aromatic carbocycles. The summed E-state index contributed by atoms with van der Waals surface area (Å²) in [5, 5.41) is 7.89. The highest BCUT2D eigenvalue weighted by Gasteiger charge is 1.90. The molecule has 0 heterocycles. The van der Waals surface area contributed by atoms with Crippen LogP contribution in [0.3, 0.4) is 0 Å². The Morgan fingerprint density at radius 3 is 2.13 bits per heavy atom. The zero-order valence-electron chi connectivity index (χ0n) is 8.86. The average molecular weight is 206 g/mol. The lowest BCUT2D eigenvalue weighted by Crippen LogP contribution is -1.92. The fourth-order valence-corrected chi connectivity index (χ4v) is 0.719. The maximum atomic E-state index is 10.2. The predicted molar refractivity (Wildman–Crippen MR) is 59.0 cm³/mol. The van der Waals surface area contributed by atoms with Gasteiger partial charge in [0.2, 0.25) is 0 Å². The molecule has 0 radical (unpaired) electrons. The fraction of sp³-hybridized carbons (Fsp3) is 0.167. The third-order valence-corrected chi connectivity index (χ3v) is 1.68. The van der Waals surface area contributed by atoms with Crippen LogP contribution in [0.15, 0.2) is 36.4 Å². The Hall–Kier alpha value is -1.90. The number of aryl methyl sites for hydroxylation is 1. The highest BCUT2D eigenvalue weighted by Crippen LogP contribution is 2.02. The van der Waals surface area contributed by atoms with Crippen molar-refractivity contribution in [3.8, 4) is 0 Å². The zero-order valence-corrected chi connectivity index (χ0v) is 8.86. The van der Waals surface area contributed by atoms with Crippen molar-refractivity contribution >= 4 is 12.3 Å². The first-order valence-electron chi connectivity index (χ1n) is 4.38. The van der Waals surface area contributed by atoms with E-state index in [1.807, 2.05) is 31.2 Å². The van der Waals surface area contributed by atoms with E-state index in [2.05, 4.69) is 6.58 Å². The van der Waals surface area contributed by atoms with Crippen molar-refractivity contribution in [3.63, 3.8) is 0 Å². The quantitative estimate of drug-likeness (QED) is 0.597. The van der Waals surface area contributed by atoms with E-state index in [0.29, 0.717) is 0 Å². The average Bonchev–Trinajstić information content (AvgIpc) is 2.19. The van der Waals surface area contributed by atoms with Crippen LogP contribution in [0.1, 0.15) is 22.8 Å². The van der Waals surface area contributed by atoms with Crippen LogP contribution in [-0.4, -0.2) is 17.4 Å². The normalized spacial score (nSPS) is 8.40. The first-order valence-corrected chi connectivity index (χ1v) is 4.38. The second-order valence-electron chi connectivity index (χ2n) is 3.06. The Balaban J connectivity index is 0.000000288. The van der Waals surface area contributed by atoms with Gasteiger partial charge in [-0.3, -0.25) is 4.79 Å². The molecular weight excluding hydrogens is 192 g/mol. The maximum absolute atomic E-state index is 10.2. The van der Waals surface area contributed by atoms with E-state index in [1.54, 1.807) is 0 Å². The van der Waals surface area contributed by atoms with Gasteiger partial charge in [-0.05, 0) is 19.4 Å². The topological polar surface area (TPSA) is 54.4 Å². The molecule has 0 unspecified atom stereocenters. The van der Waals surface area contributed by atoms with Gasteiger partial charge < -0.3 is 5.11 Å². The van der Waals surface area contributed by atoms with Gasteiger partial charge in [-0.2, -0.15) is 0 Å². The summed E-state index contributed by atoms with van der Waals surface area (Å²) >= 11 is 0. The minimum Gasteiger partial charge on any atom is -0.478 e. The van der Waals surface area contributed by atoms with Crippen molar-refractivity contribution in [2.24, 2.45) is 0 Å². The smallest absolute Gasteiger partial charge is 0.330 e. The van der Waals surface area contributed by atoms with Gasteiger partial charge in [0.25, 0.3) is 0 Å². The van der Waals surface area contributed by atoms with E-state index in [-0.39, 0.29) is 5.57 Å². The molecule has 1 rings (SSSR count). The van der Waals surface area contributed by atoms with Crippen molar-refractivity contribution < 1.29 is 14.7 Å². The van der Waals surface area contributed by atoms with Crippen LogP contribution in [0.25, 0.3) is 0 Å². The molecule has 0 fully saturated rings. The van der Waals surface area contributed by atoms with Crippen molar-refractivity contribution in [2.45, 2.75) is 13.8 Å². The molecule has 0 aliphatic carbocycles. The molecule has 0 atom stereocenters. The molecule has 0 saturated carbocycles. The van der Waals surface area contributed by atoms with E-state index >= 15 is 0 Å².